The minimum absolute atomic E-state index is 0.0622. The molecule has 7 nitrogen and oxygen atoms in total. The van der Waals surface area contributed by atoms with Crippen LogP contribution in [0.15, 0.2) is 47.5 Å². The second-order valence-electron chi connectivity index (χ2n) is 7.60. The van der Waals surface area contributed by atoms with Gasteiger partial charge in [0.2, 0.25) is 0 Å². The van der Waals surface area contributed by atoms with Crippen LogP contribution in [0.4, 0.5) is 8.78 Å². The Morgan fingerprint density at radius 3 is 2.75 bits per heavy atom. The molecule has 0 aliphatic rings. The summed E-state index contributed by atoms with van der Waals surface area (Å²) in [7, 11) is 0. The van der Waals surface area contributed by atoms with Gasteiger partial charge in [-0.2, -0.15) is 5.10 Å². The third-order valence-electron chi connectivity index (χ3n) is 5.52. The van der Waals surface area contributed by atoms with Crippen molar-refractivity contribution < 1.29 is 13.6 Å². The normalized spacial score (nSPS) is 11.5. The second kappa shape index (κ2) is 7.23. The van der Waals surface area contributed by atoms with Gasteiger partial charge in [-0.3, -0.25) is 14.7 Å². The molecule has 0 radical (unpaired) electrons. The molecule has 0 fully saturated rings. The van der Waals surface area contributed by atoms with Crippen molar-refractivity contribution >= 4 is 27.7 Å². The van der Waals surface area contributed by atoms with E-state index in [1.165, 1.54) is 36.7 Å². The fourth-order valence-corrected chi connectivity index (χ4v) is 4.04. The van der Waals surface area contributed by atoms with Gasteiger partial charge < -0.3 is 9.55 Å². The lowest BCUT2D eigenvalue weighted by atomic mass is 10.0. The molecule has 0 amide bonds. The largest absolute Gasteiger partial charge is 0.332 e. The fourth-order valence-electron chi connectivity index (χ4n) is 4.04. The highest BCUT2D eigenvalue weighted by Crippen LogP contribution is 2.34. The molecule has 0 bridgehead atoms. The molecule has 4 heterocycles. The summed E-state index contributed by atoms with van der Waals surface area (Å²) in [6.45, 7) is 2.79. The first kappa shape index (κ1) is 19.8. The zero-order valence-electron chi connectivity index (χ0n) is 17.2. The van der Waals surface area contributed by atoms with Gasteiger partial charge in [-0.05, 0) is 31.2 Å². The Balaban J connectivity index is 1.85. The summed E-state index contributed by atoms with van der Waals surface area (Å²) in [5.41, 5.74) is 1.81. The van der Waals surface area contributed by atoms with E-state index in [-0.39, 0.29) is 34.8 Å². The number of carbonyl (C=O) groups excluding carboxylic acids is 1. The van der Waals surface area contributed by atoms with E-state index in [1.54, 1.807) is 24.4 Å². The molecule has 0 saturated carbocycles. The van der Waals surface area contributed by atoms with Crippen molar-refractivity contribution in [2.75, 3.05) is 0 Å². The first-order valence-electron chi connectivity index (χ1n) is 9.85. The molecule has 1 aromatic carbocycles. The van der Waals surface area contributed by atoms with E-state index < -0.39 is 17.2 Å². The van der Waals surface area contributed by atoms with Gasteiger partial charge in [0.15, 0.2) is 5.78 Å². The third kappa shape index (κ3) is 3.01. The molecule has 9 heteroatoms. The van der Waals surface area contributed by atoms with Crippen molar-refractivity contribution in [2.24, 2.45) is 0 Å². The minimum atomic E-state index is -0.564. The van der Waals surface area contributed by atoms with Gasteiger partial charge in [0.05, 0.1) is 46.2 Å². The topological polar surface area (TPSA) is 96.4 Å². The SMILES string of the molecule is CC(=O)c1c(-c2ccc[nH]c2=O)c2nc(C)c(F)cc2n1Cc1cc2cn[nH]c2cc1F. The lowest BCUT2D eigenvalue weighted by Crippen LogP contribution is -2.13. The van der Waals surface area contributed by atoms with E-state index in [0.717, 1.165) is 0 Å². The van der Waals surface area contributed by atoms with Crippen molar-refractivity contribution in [1.29, 1.82) is 0 Å². The number of aromatic amines is 2. The first-order valence-corrected chi connectivity index (χ1v) is 9.85. The standard InChI is InChI=1S/C23H17F2N5O2/c1-11-16(24)8-19-21(28-11)20(15-4-3-5-26-23(15)32)22(12(2)31)30(19)10-14-6-13-9-27-29-18(13)7-17(14)25/h3-9H,10H2,1-2H3,(H,26,32)(H,27,29). The molecule has 0 aliphatic heterocycles. The molecular weight excluding hydrogens is 416 g/mol. The summed E-state index contributed by atoms with van der Waals surface area (Å²) in [6, 6.07) is 7.41. The predicted octanol–water partition coefficient (Wildman–Crippen LogP) is 4.11. The van der Waals surface area contributed by atoms with E-state index in [9.17, 15) is 18.4 Å². The van der Waals surface area contributed by atoms with Crippen molar-refractivity contribution in [1.82, 2.24) is 24.7 Å². The van der Waals surface area contributed by atoms with Crippen LogP contribution in [0.2, 0.25) is 0 Å². The second-order valence-corrected chi connectivity index (χ2v) is 7.60. The highest BCUT2D eigenvalue weighted by Gasteiger charge is 2.26. The third-order valence-corrected chi connectivity index (χ3v) is 5.52. The molecule has 160 valence electrons. The maximum absolute atomic E-state index is 14.9. The van der Waals surface area contributed by atoms with Gasteiger partial charge >= 0.3 is 0 Å². The van der Waals surface area contributed by atoms with Gasteiger partial charge in [0.1, 0.15) is 11.6 Å². The molecule has 0 aliphatic carbocycles. The van der Waals surface area contributed by atoms with Gasteiger partial charge in [-0.1, -0.05) is 0 Å². The Hall–Kier alpha value is -4.14. The number of nitrogens with zero attached hydrogens (tertiary/aromatic N) is 3. The summed E-state index contributed by atoms with van der Waals surface area (Å²) in [5.74, 6) is -1.42. The van der Waals surface area contributed by atoms with E-state index in [4.69, 9.17) is 0 Å². The summed E-state index contributed by atoms with van der Waals surface area (Å²) in [4.78, 5) is 32.3. The molecule has 32 heavy (non-hydrogen) atoms. The maximum atomic E-state index is 14.9. The number of ketones is 1. The van der Waals surface area contributed by atoms with Crippen molar-refractivity contribution in [3.8, 4) is 11.1 Å². The van der Waals surface area contributed by atoms with Crippen LogP contribution in [0.3, 0.4) is 0 Å². The van der Waals surface area contributed by atoms with Gasteiger partial charge in [-0.15, -0.1) is 0 Å². The number of H-pyrrole nitrogens is 2. The zero-order valence-corrected chi connectivity index (χ0v) is 17.2. The lowest BCUT2D eigenvalue weighted by Gasteiger charge is -2.11. The molecule has 5 rings (SSSR count). The predicted molar refractivity (Wildman–Crippen MR) is 116 cm³/mol. The number of hydrogen-bond acceptors (Lipinski definition) is 4. The summed E-state index contributed by atoms with van der Waals surface area (Å²) < 4.78 is 30.9. The monoisotopic (exact) mass is 433 g/mol. The zero-order chi connectivity index (χ0) is 22.6. The number of benzene rings is 1. The Kier molecular flexibility index (Phi) is 4.47. The average molecular weight is 433 g/mol. The van der Waals surface area contributed by atoms with Crippen LogP contribution in [0.25, 0.3) is 33.1 Å². The van der Waals surface area contributed by atoms with Gasteiger partial charge in [0, 0.05) is 35.7 Å². The number of Topliss-reactive ketones (excluding diaryl/α,β-unsaturated/α-hetero) is 1. The van der Waals surface area contributed by atoms with Crippen LogP contribution in [0.5, 0.6) is 0 Å². The number of fused-ring (bicyclic) bond motifs is 2. The molecule has 0 spiro atoms. The quantitative estimate of drug-likeness (QED) is 0.417. The van der Waals surface area contributed by atoms with Crippen LogP contribution in [-0.4, -0.2) is 30.5 Å². The molecule has 4 aromatic heterocycles. The van der Waals surface area contributed by atoms with Gasteiger partial charge in [0.25, 0.3) is 5.56 Å². The van der Waals surface area contributed by atoms with Crippen LogP contribution in [-0.2, 0) is 6.54 Å². The van der Waals surface area contributed by atoms with E-state index >= 15 is 0 Å². The number of halogens is 2. The number of rotatable bonds is 4. The number of aryl methyl sites for hydroxylation is 1. The molecule has 0 atom stereocenters. The number of nitrogens with one attached hydrogen (secondary N) is 2. The smallest absolute Gasteiger partial charge is 0.255 e. The van der Waals surface area contributed by atoms with Crippen LogP contribution >= 0.6 is 0 Å². The molecular formula is C23H17F2N5O2. The fraction of sp³-hybridized carbons (Fsp3) is 0.130. The maximum Gasteiger partial charge on any atom is 0.255 e. The van der Waals surface area contributed by atoms with E-state index in [1.807, 2.05) is 0 Å². The average Bonchev–Trinajstić information content (AvgIpc) is 3.31. The Labute approximate surface area is 179 Å². The Bertz CT molecular complexity index is 1600. The number of hydrogen-bond donors (Lipinski definition) is 2. The lowest BCUT2D eigenvalue weighted by molar-refractivity contribution is 0.101. The molecule has 0 saturated heterocycles. The van der Waals surface area contributed by atoms with Crippen LogP contribution in [0, 0.1) is 18.6 Å². The molecule has 0 unspecified atom stereocenters. The highest BCUT2D eigenvalue weighted by molar-refractivity contribution is 6.09. The van der Waals surface area contributed by atoms with Crippen molar-refractivity contribution in [3.63, 3.8) is 0 Å². The van der Waals surface area contributed by atoms with E-state index in [0.29, 0.717) is 27.5 Å². The summed E-state index contributed by atoms with van der Waals surface area (Å²) in [5, 5.41) is 7.31. The van der Waals surface area contributed by atoms with E-state index in [2.05, 4.69) is 20.2 Å². The summed E-state index contributed by atoms with van der Waals surface area (Å²) in [6.07, 6.45) is 3.05. The number of carbonyl (C=O) groups is 1. The first-order chi connectivity index (χ1) is 15.3. The van der Waals surface area contributed by atoms with Crippen LogP contribution < -0.4 is 5.56 Å². The minimum Gasteiger partial charge on any atom is -0.332 e. The van der Waals surface area contributed by atoms with Gasteiger partial charge in [-0.25, -0.2) is 13.8 Å². The number of aromatic nitrogens is 5. The highest BCUT2D eigenvalue weighted by atomic mass is 19.1. The Morgan fingerprint density at radius 2 is 2.00 bits per heavy atom. The summed E-state index contributed by atoms with van der Waals surface area (Å²) >= 11 is 0. The number of pyridine rings is 2. The van der Waals surface area contributed by atoms with Crippen molar-refractivity contribution in [2.45, 2.75) is 20.4 Å². The van der Waals surface area contributed by atoms with Crippen molar-refractivity contribution in [3.05, 3.63) is 81.7 Å². The Morgan fingerprint density at radius 1 is 1.19 bits per heavy atom. The molecule has 2 N–H and O–H groups in total. The molecule has 5 aromatic rings. The van der Waals surface area contributed by atoms with Crippen LogP contribution in [0.1, 0.15) is 28.7 Å².